The summed E-state index contributed by atoms with van der Waals surface area (Å²) in [6.45, 7) is 8.47. The van der Waals surface area contributed by atoms with E-state index < -0.39 is 0 Å². The molecule has 0 fully saturated rings. The molecule has 0 unspecified atom stereocenters. The first-order chi connectivity index (χ1) is 15.0. The molecule has 0 aliphatic heterocycles. The summed E-state index contributed by atoms with van der Waals surface area (Å²) < 4.78 is 6.18. The van der Waals surface area contributed by atoms with Crippen molar-refractivity contribution in [1.29, 1.82) is 0 Å². The van der Waals surface area contributed by atoms with Crippen LogP contribution in [0.25, 0.3) is 33.2 Å². The Labute approximate surface area is 181 Å². The van der Waals surface area contributed by atoms with E-state index in [2.05, 4.69) is 39.8 Å². The largest absolute Gasteiger partial charge is 0.438 e. The fraction of sp³-hybridized carbons (Fsp3) is 0.148. The molecule has 152 valence electrons. The third kappa shape index (κ3) is 3.30. The van der Waals surface area contributed by atoms with Crippen molar-refractivity contribution < 1.29 is 4.74 Å². The summed E-state index contributed by atoms with van der Waals surface area (Å²) in [5.41, 5.74) is 7.52. The third-order valence-corrected chi connectivity index (χ3v) is 5.98. The summed E-state index contributed by atoms with van der Waals surface area (Å²) in [4.78, 5) is 14.5. The summed E-state index contributed by atoms with van der Waals surface area (Å²) in [7, 11) is 0. The van der Waals surface area contributed by atoms with Gasteiger partial charge >= 0.3 is 0 Å². The maximum Gasteiger partial charge on any atom is 0.230 e. The lowest BCUT2D eigenvalue weighted by Gasteiger charge is -2.15. The molecular weight excluding hydrogens is 382 g/mol. The average Bonchev–Trinajstić information content (AvgIpc) is 2.78. The number of fused-ring (bicyclic) bond motifs is 2. The van der Waals surface area contributed by atoms with Crippen LogP contribution < -0.4 is 4.74 Å². The van der Waals surface area contributed by atoms with Crippen LogP contribution in [0, 0.1) is 27.7 Å². The Kier molecular flexibility index (Phi) is 4.63. The Morgan fingerprint density at radius 1 is 0.613 bits per heavy atom. The summed E-state index contributed by atoms with van der Waals surface area (Å²) in [5.74, 6) is 1.96. The Bertz CT molecular complexity index is 1440. The number of nitrogens with zero attached hydrogens (tertiary/aromatic N) is 3. The van der Waals surface area contributed by atoms with Gasteiger partial charge in [-0.1, -0.05) is 30.3 Å². The van der Waals surface area contributed by atoms with E-state index in [0.29, 0.717) is 11.7 Å². The summed E-state index contributed by atoms with van der Waals surface area (Å²) >= 11 is 0. The Balaban J connectivity index is 1.74. The van der Waals surface area contributed by atoms with E-state index in [0.717, 1.165) is 39.0 Å². The minimum atomic E-state index is 0.557. The van der Waals surface area contributed by atoms with Gasteiger partial charge in [0.05, 0.1) is 16.4 Å². The van der Waals surface area contributed by atoms with Gasteiger partial charge in [0.25, 0.3) is 0 Å². The average molecular weight is 406 g/mol. The highest BCUT2D eigenvalue weighted by atomic mass is 16.5. The number of hydrogen-bond donors (Lipinski definition) is 0. The monoisotopic (exact) mass is 405 g/mol. The number of benzene rings is 3. The first kappa shape index (κ1) is 19.2. The van der Waals surface area contributed by atoms with E-state index in [-0.39, 0.29) is 0 Å². The standard InChI is InChI=1S/C27H23N3O/c1-16-17(2)25-18(3)21(14-15-24(25)28-19(16)4)26-29-23-13-9-8-12-22(23)27(30-26)31-20-10-6-5-7-11-20/h5-15H,1-4H3. The lowest BCUT2D eigenvalue weighted by atomic mass is 9.95. The van der Waals surface area contributed by atoms with Gasteiger partial charge in [0.15, 0.2) is 5.82 Å². The molecule has 0 aliphatic rings. The van der Waals surface area contributed by atoms with Crippen LogP contribution in [0.1, 0.15) is 22.4 Å². The van der Waals surface area contributed by atoms with Crippen LogP contribution >= 0.6 is 0 Å². The zero-order valence-corrected chi connectivity index (χ0v) is 18.1. The normalized spacial score (nSPS) is 11.2. The molecule has 2 aromatic heterocycles. The van der Waals surface area contributed by atoms with E-state index in [1.54, 1.807) is 0 Å². The first-order valence-corrected chi connectivity index (χ1v) is 10.4. The molecule has 4 nitrogen and oxygen atoms in total. The lowest BCUT2D eigenvalue weighted by Crippen LogP contribution is -2.00. The van der Waals surface area contributed by atoms with E-state index in [9.17, 15) is 0 Å². The molecule has 0 aliphatic carbocycles. The lowest BCUT2D eigenvalue weighted by molar-refractivity contribution is 0.469. The molecule has 5 rings (SSSR count). The molecule has 0 saturated heterocycles. The quantitative estimate of drug-likeness (QED) is 0.328. The fourth-order valence-corrected chi connectivity index (χ4v) is 4.08. The molecule has 0 atom stereocenters. The van der Waals surface area contributed by atoms with Crippen LogP contribution in [0.15, 0.2) is 66.7 Å². The van der Waals surface area contributed by atoms with Gasteiger partial charge in [-0.15, -0.1) is 0 Å². The summed E-state index contributed by atoms with van der Waals surface area (Å²) in [5, 5.41) is 2.06. The van der Waals surface area contributed by atoms with Crippen molar-refractivity contribution in [2.75, 3.05) is 0 Å². The van der Waals surface area contributed by atoms with Gasteiger partial charge in [-0.05, 0) is 80.8 Å². The van der Waals surface area contributed by atoms with Crippen molar-refractivity contribution in [3.63, 3.8) is 0 Å². The van der Waals surface area contributed by atoms with E-state index in [1.807, 2.05) is 54.6 Å². The van der Waals surface area contributed by atoms with Crippen LogP contribution in [0.3, 0.4) is 0 Å². The minimum absolute atomic E-state index is 0.557. The van der Waals surface area contributed by atoms with Gasteiger partial charge in [-0.3, -0.25) is 4.98 Å². The second-order valence-electron chi connectivity index (χ2n) is 7.86. The van der Waals surface area contributed by atoms with Crippen LogP contribution in [-0.4, -0.2) is 15.0 Å². The van der Waals surface area contributed by atoms with Crippen molar-refractivity contribution in [2.45, 2.75) is 27.7 Å². The first-order valence-electron chi connectivity index (χ1n) is 10.4. The molecule has 4 heteroatoms. The van der Waals surface area contributed by atoms with Crippen molar-refractivity contribution in [2.24, 2.45) is 0 Å². The maximum absolute atomic E-state index is 6.18. The predicted octanol–water partition coefficient (Wildman–Crippen LogP) is 6.87. The maximum atomic E-state index is 6.18. The van der Waals surface area contributed by atoms with Crippen LogP contribution in [0.5, 0.6) is 11.6 Å². The molecule has 5 aromatic rings. The Morgan fingerprint density at radius 2 is 1.35 bits per heavy atom. The number of aryl methyl sites for hydroxylation is 3. The Hall–Kier alpha value is -3.79. The zero-order chi connectivity index (χ0) is 21.5. The van der Waals surface area contributed by atoms with Crippen LogP contribution in [0.4, 0.5) is 0 Å². The van der Waals surface area contributed by atoms with Crippen LogP contribution in [-0.2, 0) is 0 Å². The highest BCUT2D eigenvalue weighted by Crippen LogP contribution is 2.34. The van der Waals surface area contributed by atoms with Crippen molar-refractivity contribution >= 4 is 21.8 Å². The van der Waals surface area contributed by atoms with Gasteiger partial charge in [0.2, 0.25) is 5.88 Å². The SMILES string of the molecule is Cc1nc2ccc(-c3nc(Oc4ccccc4)c4ccccc4n3)c(C)c2c(C)c1C. The molecule has 0 radical (unpaired) electrons. The number of aromatic nitrogens is 3. The molecule has 2 heterocycles. The highest BCUT2D eigenvalue weighted by molar-refractivity contribution is 5.93. The van der Waals surface area contributed by atoms with E-state index in [1.165, 1.54) is 16.5 Å². The third-order valence-electron chi connectivity index (χ3n) is 5.98. The smallest absolute Gasteiger partial charge is 0.230 e. The molecular formula is C27H23N3O. The number of pyridine rings is 1. The fourth-order valence-electron chi connectivity index (χ4n) is 4.08. The molecule has 0 spiro atoms. The molecule has 0 amide bonds. The number of para-hydroxylation sites is 2. The molecule has 0 bridgehead atoms. The second-order valence-corrected chi connectivity index (χ2v) is 7.86. The second kappa shape index (κ2) is 7.47. The predicted molar refractivity (Wildman–Crippen MR) is 126 cm³/mol. The van der Waals surface area contributed by atoms with Crippen molar-refractivity contribution in [1.82, 2.24) is 15.0 Å². The highest BCUT2D eigenvalue weighted by Gasteiger charge is 2.16. The summed E-state index contributed by atoms with van der Waals surface area (Å²) in [6, 6.07) is 21.8. The van der Waals surface area contributed by atoms with Gasteiger partial charge in [0.1, 0.15) is 5.75 Å². The number of ether oxygens (including phenoxy) is 1. The van der Waals surface area contributed by atoms with Crippen molar-refractivity contribution in [3.8, 4) is 23.0 Å². The zero-order valence-electron chi connectivity index (χ0n) is 18.1. The summed E-state index contributed by atoms with van der Waals surface area (Å²) in [6.07, 6.45) is 0. The van der Waals surface area contributed by atoms with E-state index >= 15 is 0 Å². The molecule has 0 saturated carbocycles. The number of hydrogen-bond acceptors (Lipinski definition) is 4. The molecule has 3 aromatic carbocycles. The Morgan fingerprint density at radius 3 is 2.16 bits per heavy atom. The van der Waals surface area contributed by atoms with Gasteiger partial charge in [-0.25, -0.2) is 4.98 Å². The number of rotatable bonds is 3. The van der Waals surface area contributed by atoms with Gasteiger partial charge < -0.3 is 4.74 Å². The van der Waals surface area contributed by atoms with E-state index in [4.69, 9.17) is 19.7 Å². The molecule has 31 heavy (non-hydrogen) atoms. The molecule has 0 N–H and O–H groups in total. The van der Waals surface area contributed by atoms with Gasteiger partial charge in [0, 0.05) is 16.6 Å². The van der Waals surface area contributed by atoms with Gasteiger partial charge in [-0.2, -0.15) is 4.98 Å². The van der Waals surface area contributed by atoms with Crippen LogP contribution in [0.2, 0.25) is 0 Å². The minimum Gasteiger partial charge on any atom is -0.438 e. The van der Waals surface area contributed by atoms with Crippen molar-refractivity contribution in [3.05, 3.63) is 89.1 Å². The topological polar surface area (TPSA) is 47.9 Å².